The van der Waals surface area contributed by atoms with E-state index >= 15 is 0 Å². The number of nitrogens with zero attached hydrogens (tertiary/aromatic N) is 5. The van der Waals surface area contributed by atoms with Crippen LogP contribution < -0.4 is 10.1 Å². The lowest BCUT2D eigenvalue weighted by atomic mass is 9.84. The lowest BCUT2D eigenvalue weighted by Crippen LogP contribution is -2.24. The lowest BCUT2D eigenvalue weighted by Gasteiger charge is -2.28. The number of hydrogen-bond donors (Lipinski definition) is 1. The van der Waals surface area contributed by atoms with Crippen LogP contribution in [0.5, 0.6) is 5.75 Å². The number of pyridine rings is 1. The molecule has 1 fully saturated rings. The Kier molecular flexibility index (Phi) is 5.05. The maximum absolute atomic E-state index is 13.9. The molecule has 0 bridgehead atoms. The summed E-state index contributed by atoms with van der Waals surface area (Å²) in [4.78, 5) is 4.49. The smallest absolute Gasteiger partial charge is 0.165 e. The first-order valence-corrected chi connectivity index (χ1v) is 10.6. The minimum absolute atomic E-state index is 0.0226. The molecule has 4 aromatic rings. The fourth-order valence-electron chi connectivity index (χ4n) is 4.36. The fraction of sp³-hybridized carbons (Fsp3) is 0.348. The maximum atomic E-state index is 13.9. The highest BCUT2D eigenvalue weighted by Gasteiger charge is 2.28. The Morgan fingerprint density at radius 2 is 1.94 bits per heavy atom. The number of fused-ring (bicyclic) bond motifs is 1. The molecule has 0 atom stereocenters. The van der Waals surface area contributed by atoms with Gasteiger partial charge in [0, 0.05) is 25.4 Å². The molecular formula is C23H25FN6O. The highest BCUT2D eigenvalue weighted by molar-refractivity contribution is 5.85. The van der Waals surface area contributed by atoms with E-state index in [4.69, 9.17) is 9.84 Å². The summed E-state index contributed by atoms with van der Waals surface area (Å²) in [5.74, 6) is 1.16. The molecule has 1 aliphatic rings. The van der Waals surface area contributed by atoms with Gasteiger partial charge in [0.05, 0.1) is 35.9 Å². The first-order chi connectivity index (χ1) is 15.1. The molecule has 7 nitrogen and oxygen atoms in total. The highest BCUT2D eigenvalue weighted by Crippen LogP contribution is 2.38. The molecule has 1 N–H and O–H groups in total. The van der Waals surface area contributed by atoms with Crippen molar-refractivity contribution in [2.75, 3.05) is 12.4 Å². The van der Waals surface area contributed by atoms with Crippen LogP contribution in [0.25, 0.3) is 16.6 Å². The van der Waals surface area contributed by atoms with Crippen LogP contribution in [0.4, 0.5) is 10.2 Å². The summed E-state index contributed by atoms with van der Waals surface area (Å²) < 4.78 is 23.6. The van der Waals surface area contributed by atoms with Gasteiger partial charge in [0.25, 0.3) is 0 Å². The number of aryl methyl sites for hydroxylation is 1. The van der Waals surface area contributed by atoms with Gasteiger partial charge < -0.3 is 10.1 Å². The summed E-state index contributed by atoms with van der Waals surface area (Å²) in [6, 6.07) is 8.67. The van der Waals surface area contributed by atoms with Gasteiger partial charge >= 0.3 is 0 Å². The second-order valence-corrected chi connectivity index (χ2v) is 8.03. The molecule has 3 aromatic heterocycles. The minimum Gasteiger partial charge on any atom is -0.487 e. The molecule has 31 heavy (non-hydrogen) atoms. The summed E-state index contributed by atoms with van der Waals surface area (Å²) >= 11 is 0. The van der Waals surface area contributed by atoms with Gasteiger partial charge in [-0.05, 0) is 43.9 Å². The number of aromatic nitrogens is 5. The first kappa shape index (κ1) is 19.5. The van der Waals surface area contributed by atoms with Gasteiger partial charge in [-0.1, -0.05) is 12.1 Å². The predicted molar refractivity (Wildman–Crippen MR) is 117 cm³/mol. The van der Waals surface area contributed by atoms with Crippen LogP contribution in [0.15, 0.2) is 48.9 Å². The SMILES string of the molecule is CNc1cc2c(cn1)n(-c1cnn(C)c1)nc2[C@H]1CC[C@@H](Oc2ccccc2F)CC1. The number of ether oxygens (including phenoxy) is 1. The number of nitrogens with one attached hydrogen (secondary N) is 1. The van der Waals surface area contributed by atoms with Crippen LogP contribution >= 0.6 is 0 Å². The van der Waals surface area contributed by atoms with Crippen LogP contribution in [0, 0.1) is 5.82 Å². The van der Waals surface area contributed by atoms with Crippen LogP contribution in [0.2, 0.25) is 0 Å². The Bertz CT molecular complexity index is 1210. The standard InChI is InChI=1S/C23H25FN6O/c1-25-22-11-18-20(13-26-22)30(16-12-27-29(2)14-16)28-23(18)15-7-9-17(10-8-15)31-21-6-4-3-5-19(21)24/h3-6,11-15,17H,7-10H2,1-2H3,(H,25,26)/t15-,17+. The van der Waals surface area contributed by atoms with E-state index in [9.17, 15) is 4.39 Å². The number of rotatable bonds is 5. The monoisotopic (exact) mass is 420 g/mol. The van der Waals surface area contributed by atoms with E-state index in [-0.39, 0.29) is 11.9 Å². The summed E-state index contributed by atoms with van der Waals surface area (Å²) in [6.45, 7) is 0. The summed E-state index contributed by atoms with van der Waals surface area (Å²) in [5.41, 5.74) is 2.95. The van der Waals surface area contributed by atoms with Gasteiger partial charge in [-0.2, -0.15) is 10.2 Å². The Hall–Kier alpha value is -3.42. The third-order valence-electron chi connectivity index (χ3n) is 5.98. The van der Waals surface area contributed by atoms with E-state index in [1.807, 2.05) is 31.2 Å². The van der Waals surface area contributed by atoms with Crippen LogP contribution in [-0.4, -0.2) is 37.7 Å². The van der Waals surface area contributed by atoms with Gasteiger partial charge in [0.2, 0.25) is 0 Å². The first-order valence-electron chi connectivity index (χ1n) is 10.6. The van der Waals surface area contributed by atoms with E-state index < -0.39 is 0 Å². The highest BCUT2D eigenvalue weighted by atomic mass is 19.1. The molecule has 3 heterocycles. The molecule has 0 radical (unpaired) electrons. The van der Waals surface area contributed by atoms with Crippen molar-refractivity contribution in [2.24, 2.45) is 7.05 Å². The molecule has 1 aliphatic carbocycles. The number of para-hydroxylation sites is 1. The number of hydrogen-bond acceptors (Lipinski definition) is 5. The van der Waals surface area contributed by atoms with Crippen LogP contribution in [0.3, 0.4) is 0 Å². The van der Waals surface area contributed by atoms with E-state index in [1.54, 1.807) is 29.1 Å². The lowest BCUT2D eigenvalue weighted by molar-refractivity contribution is 0.140. The van der Waals surface area contributed by atoms with Crippen molar-refractivity contribution in [1.29, 1.82) is 0 Å². The van der Waals surface area contributed by atoms with E-state index in [0.29, 0.717) is 11.7 Å². The zero-order valence-corrected chi connectivity index (χ0v) is 17.6. The molecule has 8 heteroatoms. The third kappa shape index (κ3) is 3.73. The largest absolute Gasteiger partial charge is 0.487 e. The van der Waals surface area contributed by atoms with Crippen molar-refractivity contribution < 1.29 is 9.13 Å². The second-order valence-electron chi connectivity index (χ2n) is 8.03. The minimum atomic E-state index is -0.307. The molecule has 160 valence electrons. The molecule has 5 rings (SSSR count). The van der Waals surface area contributed by atoms with Crippen LogP contribution in [0.1, 0.15) is 37.3 Å². The van der Waals surface area contributed by atoms with Gasteiger partial charge in [-0.15, -0.1) is 0 Å². The zero-order valence-electron chi connectivity index (χ0n) is 17.6. The second kappa shape index (κ2) is 8.02. The molecule has 0 spiro atoms. The fourth-order valence-corrected chi connectivity index (χ4v) is 4.36. The van der Waals surface area contributed by atoms with Crippen molar-refractivity contribution in [3.63, 3.8) is 0 Å². The third-order valence-corrected chi connectivity index (χ3v) is 5.98. The van der Waals surface area contributed by atoms with Crippen molar-refractivity contribution in [3.8, 4) is 11.4 Å². The number of halogens is 1. The normalized spacial score (nSPS) is 18.9. The average molecular weight is 420 g/mol. The van der Waals surface area contributed by atoms with E-state index in [1.165, 1.54) is 6.07 Å². The molecule has 0 amide bonds. The van der Waals surface area contributed by atoms with Gasteiger partial charge in [-0.25, -0.2) is 14.1 Å². The topological polar surface area (TPSA) is 69.8 Å². The summed E-state index contributed by atoms with van der Waals surface area (Å²) in [5, 5.41) is 13.5. The van der Waals surface area contributed by atoms with Gasteiger partial charge in [0.15, 0.2) is 11.6 Å². The molecule has 0 unspecified atom stereocenters. The van der Waals surface area contributed by atoms with Crippen LogP contribution in [-0.2, 0) is 7.05 Å². The van der Waals surface area contributed by atoms with Crippen molar-refractivity contribution >= 4 is 16.7 Å². The number of benzene rings is 1. The molecule has 1 saturated carbocycles. The predicted octanol–water partition coefficient (Wildman–Crippen LogP) is 4.44. The zero-order chi connectivity index (χ0) is 21.4. The summed E-state index contributed by atoms with van der Waals surface area (Å²) in [6.07, 6.45) is 9.24. The van der Waals surface area contributed by atoms with Crippen molar-refractivity contribution in [1.82, 2.24) is 24.5 Å². The molecular weight excluding hydrogens is 395 g/mol. The molecule has 1 aromatic carbocycles. The van der Waals surface area contributed by atoms with Gasteiger partial charge in [-0.3, -0.25) is 4.68 Å². The van der Waals surface area contributed by atoms with E-state index in [0.717, 1.165) is 53.8 Å². The Balaban J connectivity index is 1.42. The van der Waals surface area contributed by atoms with E-state index in [2.05, 4.69) is 21.5 Å². The molecule has 0 aliphatic heterocycles. The van der Waals surface area contributed by atoms with Gasteiger partial charge in [0.1, 0.15) is 11.5 Å². The Labute approximate surface area is 179 Å². The average Bonchev–Trinajstić information content (AvgIpc) is 3.39. The quantitative estimate of drug-likeness (QED) is 0.517. The molecule has 0 saturated heterocycles. The Morgan fingerprint density at radius 3 is 2.65 bits per heavy atom. The Morgan fingerprint density at radius 1 is 1.13 bits per heavy atom. The van der Waals surface area contributed by atoms with Crippen molar-refractivity contribution in [3.05, 3.63) is 60.4 Å². The maximum Gasteiger partial charge on any atom is 0.165 e. The van der Waals surface area contributed by atoms with Crippen molar-refractivity contribution in [2.45, 2.75) is 37.7 Å². The summed E-state index contributed by atoms with van der Waals surface area (Å²) in [7, 11) is 3.76. The number of anilines is 1.